The van der Waals surface area contributed by atoms with Crippen LogP contribution in [0, 0.1) is 5.21 Å². The third kappa shape index (κ3) is 2.46. The van der Waals surface area contributed by atoms with Gasteiger partial charge in [-0.05, 0) is 36.2 Å². The minimum atomic E-state index is -0.0634. The number of ether oxygens (including phenoxy) is 1. The summed E-state index contributed by atoms with van der Waals surface area (Å²) in [5.74, 6) is -0.0408. The van der Waals surface area contributed by atoms with Gasteiger partial charge < -0.3 is 15.7 Å². The Labute approximate surface area is 132 Å². The number of anilines is 1. The second kappa shape index (κ2) is 5.47. The summed E-state index contributed by atoms with van der Waals surface area (Å²) in [5, 5.41) is 20.0. The average molecular weight is 312 g/mol. The number of hydrogen-bond donors (Lipinski definition) is 1. The number of rotatable bonds is 2. The van der Waals surface area contributed by atoms with Crippen LogP contribution in [0.15, 0.2) is 30.5 Å². The molecule has 1 unspecified atom stereocenters. The van der Waals surface area contributed by atoms with Crippen molar-refractivity contribution in [3.63, 3.8) is 0 Å². The Kier molecular flexibility index (Phi) is 3.30. The molecule has 118 valence electrons. The van der Waals surface area contributed by atoms with Gasteiger partial charge in [0, 0.05) is 24.4 Å². The Hall–Kier alpha value is -2.74. The van der Waals surface area contributed by atoms with Gasteiger partial charge in [-0.2, -0.15) is 5.10 Å². The second-order valence-electron chi connectivity index (χ2n) is 5.53. The maximum atomic E-state index is 11.9. The van der Waals surface area contributed by atoms with Crippen LogP contribution in [0.4, 0.5) is 5.95 Å². The van der Waals surface area contributed by atoms with E-state index in [0.717, 1.165) is 37.1 Å². The van der Waals surface area contributed by atoms with E-state index < -0.39 is 0 Å². The highest BCUT2D eigenvalue weighted by Gasteiger charge is 2.20. The summed E-state index contributed by atoms with van der Waals surface area (Å²) in [5.41, 5.74) is 8.15. The van der Waals surface area contributed by atoms with Crippen molar-refractivity contribution >= 4 is 17.0 Å². The molecule has 8 nitrogen and oxygen atoms in total. The average Bonchev–Trinajstić information content (AvgIpc) is 3.05. The number of hydrogen-bond acceptors (Lipinski definition) is 6. The summed E-state index contributed by atoms with van der Waals surface area (Å²) in [6.07, 6.45) is 4.81. The maximum absolute atomic E-state index is 11.9. The first-order valence-electron chi connectivity index (χ1n) is 7.55. The summed E-state index contributed by atoms with van der Waals surface area (Å²) in [7, 11) is 0. The number of fused-ring (bicyclic) bond motifs is 1. The van der Waals surface area contributed by atoms with Crippen LogP contribution in [0.5, 0.6) is 0 Å². The van der Waals surface area contributed by atoms with E-state index in [-0.39, 0.29) is 12.2 Å². The predicted molar refractivity (Wildman–Crippen MR) is 83.0 cm³/mol. The van der Waals surface area contributed by atoms with Gasteiger partial charge in [0.05, 0.1) is 10.8 Å². The normalized spacial score (nSPS) is 18.3. The van der Waals surface area contributed by atoms with E-state index >= 15 is 0 Å². The zero-order valence-corrected chi connectivity index (χ0v) is 12.4. The molecule has 2 N–H and O–H groups in total. The van der Waals surface area contributed by atoms with Crippen LogP contribution in [0.3, 0.4) is 0 Å². The molecule has 1 aliphatic heterocycles. The number of aromatic nitrogens is 5. The van der Waals surface area contributed by atoms with Gasteiger partial charge in [0.15, 0.2) is 6.23 Å². The fraction of sp³-hybridized carbons (Fsp3) is 0.333. The Morgan fingerprint density at radius 1 is 1.30 bits per heavy atom. The van der Waals surface area contributed by atoms with Gasteiger partial charge in [-0.1, -0.05) is 6.07 Å². The van der Waals surface area contributed by atoms with Gasteiger partial charge in [-0.3, -0.25) is 0 Å². The van der Waals surface area contributed by atoms with E-state index in [2.05, 4.69) is 15.2 Å². The van der Waals surface area contributed by atoms with Crippen LogP contribution in [0.25, 0.3) is 22.3 Å². The fourth-order valence-corrected chi connectivity index (χ4v) is 2.91. The molecule has 0 amide bonds. The van der Waals surface area contributed by atoms with Crippen molar-refractivity contribution in [2.24, 2.45) is 0 Å². The highest BCUT2D eigenvalue weighted by atomic mass is 16.5. The molecular weight excluding hydrogens is 296 g/mol. The molecule has 0 spiro atoms. The van der Waals surface area contributed by atoms with Crippen molar-refractivity contribution in [2.75, 3.05) is 12.3 Å². The summed E-state index contributed by atoms with van der Waals surface area (Å²) in [6, 6.07) is 7.31. The van der Waals surface area contributed by atoms with Crippen LogP contribution < -0.4 is 10.6 Å². The number of nitrogen functional groups attached to an aromatic ring is 1. The lowest BCUT2D eigenvalue weighted by atomic mass is 10.1. The lowest BCUT2D eigenvalue weighted by Crippen LogP contribution is -2.33. The van der Waals surface area contributed by atoms with E-state index in [1.165, 1.54) is 0 Å². The van der Waals surface area contributed by atoms with Gasteiger partial charge >= 0.3 is 0 Å². The van der Waals surface area contributed by atoms with Gasteiger partial charge in [-0.15, -0.1) is 0 Å². The minimum Gasteiger partial charge on any atom is -0.594 e. The zero-order valence-electron chi connectivity index (χ0n) is 12.4. The molecule has 23 heavy (non-hydrogen) atoms. The first-order chi connectivity index (χ1) is 11.2. The molecule has 1 fully saturated rings. The number of benzene rings is 1. The molecular formula is C15H16N6O2. The zero-order chi connectivity index (χ0) is 15.8. The molecule has 0 aliphatic carbocycles. The van der Waals surface area contributed by atoms with Crippen LogP contribution in [-0.4, -0.2) is 26.5 Å². The summed E-state index contributed by atoms with van der Waals surface area (Å²) in [6.45, 7) is 0.745. The Bertz CT molecular complexity index is 856. The number of nitrogens with two attached hydrogens (primary N) is 1. The highest BCUT2D eigenvalue weighted by Crippen LogP contribution is 2.29. The molecule has 0 radical (unpaired) electrons. The van der Waals surface area contributed by atoms with Crippen molar-refractivity contribution in [3.05, 3.63) is 35.7 Å². The summed E-state index contributed by atoms with van der Waals surface area (Å²) >= 11 is 0. The third-order valence-corrected chi connectivity index (χ3v) is 4.00. The Balaban J connectivity index is 1.79. The Morgan fingerprint density at radius 2 is 2.22 bits per heavy atom. The standard InChI is InChI=1S/C15H16N6O2/c16-15-18-11-5-4-10(9-13(11)21(22)19-15)12-6-7-17-20(12)14-3-1-2-8-23-14/h4-7,9,14H,1-3,8H2,(H2,16,18,19). The van der Waals surface area contributed by atoms with Crippen LogP contribution >= 0.6 is 0 Å². The largest absolute Gasteiger partial charge is 0.594 e. The van der Waals surface area contributed by atoms with Crippen molar-refractivity contribution in [1.82, 2.24) is 19.9 Å². The van der Waals surface area contributed by atoms with Gasteiger partial charge in [0.25, 0.3) is 11.5 Å². The maximum Gasteiger partial charge on any atom is 0.288 e. The van der Waals surface area contributed by atoms with Gasteiger partial charge in [-0.25, -0.2) is 9.67 Å². The lowest BCUT2D eigenvalue weighted by molar-refractivity contribution is -0.641. The molecule has 4 rings (SSSR count). The molecule has 1 aliphatic rings. The van der Waals surface area contributed by atoms with Gasteiger partial charge in [0.2, 0.25) is 0 Å². The van der Waals surface area contributed by atoms with Crippen molar-refractivity contribution in [2.45, 2.75) is 25.5 Å². The predicted octanol–water partition coefficient (Wildman–Crippen LogP) is 1.41. The topological polar surface area (TPSA) is 106 Å². The molecule has 0 saturated carbocycles. The van der Waals surface area contributed by atoms with Crippen LogP contribution in [0.1, 0.15) is 25.5 Å². The minimum absolute atomic E-state index is 0.0408. The van der Waals surface area contributed by atoms with Crippen molar-refractivity contribution < 1.29 is 9.58 Å². The molecule has 8 heteroatoms. The second-order valence-corrected chi connectivity index (χ2v) is 5.53. The third-order valence-electron chi connectivity index (χ3n) is 4.00. The van der Waals surface area contributed by atoms with Crippen LogP contribution in [-0.2, 0) is 4.74 Å². The van der Waals surface area contributed by atoms with E-state index in [1.807, 2.05) is 16.8 Å². The van der Waals surface area contributed by atoms with E-state index in [9.17, 15) is 5.21 Å². The van der Waals surface area contributed by atoms with Crippen molar-refractivity contribution in [3.8, 4) is 11.3 Å². The molecule has 3 aromatic rings. The van der Waals surface area contributed by atoms with Crippen molar-refractivity contribution in [1.29, 1.82) is 0 Å². The fourth-order valence-electron chi connectivity index (χ4n) is 2.91. The van der Waals surface area contributed by atoms with Crippen LogP contribution in [0.2, 0.25) is 0 Å². The summed E-state index contributed by atoms with van der Waals surface area (Å²) in [4.78, 5) is 4.57. The van der Waals surface area contributed by atoms with Gasteiger partial charge in [0.1, 0.15) is 5.52 Å². The van der Waals surface area contributed by atoms with E-state index in [0.29, 0.717) is 15.9 Å². The van der Waals surface area contributed by atoms with E-state index in [4.69, 9.17) is 10.5 Å². The van der Waals surface area contributed by atoms with E-state index in [1.54, 1.807) is 18.3 Å². The highest BCUT2D eigenvalue weighted by molar-refractivity contribution is 5.78. The monoisotopic (exact) mass is 312 g/mol. The summed E-state index contributed by atoms with van der Waals surface area (Å²) < 4.78 is 7.67. The first kappa shape index (κ1) is 13.9. The Morgan fingerprint density at radius 3 is 3.04 bits per heavy atom. The molecule has 2 aromatic heterocycles. The smallest absolute Gasteiger partial charge is 0.288 e. The molecule has 1 atom stereocenters. The lowest BCUT2D eigenvalue weighted by Gasteiger charge is -2.24. The molecule has 0 bridgehead atoms. The SMILES string of the molecule is Nc1nc2ccc(-c3ccnn3C3CCCCO3)cc2[n+]([O-])n1. The number of nitrogens with zero attached hydrogens (tertiary/aromatic N) is 5. The quantitative estimate of drug-likeness (QED) is 0.566. The molecule has 1 aromatic carbocycles. The first-order valence-corrected chi connectivity index (χ1v) is 7.55. The molecule has 1 saturated heterocycles. The molecule has 3 heterocycles.